The summed E-state index contributed by atoms with van der Waals surface area (Å²) in [5, 5.41) is 0. The van der Waals surface area contributed by atoms with Crippen molar-refractivity contribution in [2.45, 2.75) is 19.6 Å². The summed E-state index contributed by atoms with van der Waals surface area (Å²) >= 11 is 0. The van der Waals surface area contributed by atoms with Crippen LogP contribution in [0.5, 0.6) is 5.75 Å². The van der Waals surface area contributed by atoms with Crippen LogP contribution >= 0.6 is 0 Å². The van der Waals surface area contributed by atoms with E-state index in [1.807, 2.05) is 0 Å². The van der Waals surface area contributed by atoms with Gasteiger partial charge in [-0.15, -0.1) is 0 Å². The Kier molecular flexibility index (Phi) is 5.03. The molecule has 0 spiro atoms. The average Bonchev–Trinajstić information content (AvgIpc) is 2.27. The van der Waals surface area contributed by atoms with Crippen LogP contribution in [-0.2, 0) is 0 Å². The van der Waals surface area contributed by atoms with E-state index in [9.17, 15) is 13.6 Å². The van der Waals surface area contributed by atoms with Crippen molar-refractivity contribution in [3.63, 3.8) is 0 Å². The Morgan fingerprint density at radius 2 is 1.94 bits per heavy atom. The van der Waals surface area contributed by atoms with Gasteiger partial charge in [-0.1, -0.05) is 0 Å². The number of amides is 1. The molecule has 1 unspecified atom stereocenters. The lowest BCUT2D eigenvalue weighted by molar-refractivity contribution is -0.0498. The first kappa shape index (κ1) is 14.4. The molecule has 1 aromatic rings. The van der Waals surface area contributed by atoms with Crippen molar-refractivity contribution < 1.29 is 18.3 Å². The number of carbonyl (C=O) groups excluding carboxylic acids is 1. The fourth-order valence-corrected chi connectivity index (χ4v) is 1.51. The first-order valence-electron chi connectivity index (χ1n) is 5.46. The number of hydrogen-bond acceptors (Lipinski definition) is 3. The van der Waals surface area contributed by atoms with E-state index in [4.69, 9.17) is 5.73 Å². The molecule has 1 atom stereocenters. The number of alkyl halides is 2. The maximum atomic E-state index is 11.9. The van der Waals surface area contributed by atoms with Gasteiger partial charge in [0.1, 0.15) is 5.75 Å². The number of halogens is 2. The number of carbonyl (C=O) groups is 1. The molecule has 0 bridgehead atoms. The molecule has 4 nitrogen and oxygen atoms in total. The van der Waals surface area contributed by atoms with Crippen LogP contribution in [0.1, 0.15) is 17.3 Å². The van der Waals surface area contributed by atoms with E-state index in [2.05, 4.69) is 4.74 Å². The lowest BCUT2D eigenvalue weighted by Gasteiger charge is -2.19. The zero-order valence-electron chi connectivity index (χ0n) is 10.3. The molecule has 0 radical (unpaired) electrons. The molecule has 1 amide bonds. The van der Waals surface area contributed by atoms with Gasteiger partial charge in [0, 0.05) is 25.2 Å². The molecule has 2 N–H and O–H groups in total. The largest absolute Gasteiger partial charge is 0.435 e. The van der Waals surface area contributed by atoms with Gasteiger partial charge in [0.15, 0.2) is 0 Å². The predicted octanol–water partition coefficient (Wildman–Crippen LogP) is 1.71. The van der Waals surface area contributed by atoms with Crippen molar-refractivity contribution >= 4 is 5.91 Å². The van der Waals surface area contributed by atoms with Crippen LogP contribution < -0.4 is 10.5 Å². The van der Waals surface area contributed by atoms with E-state index in [1.54, 1.807) is 14.0 Å². The summed E-state index contributed by atoms with van der Waals surface area (Å²) < 4.78 is 28.1. The summed E-state index contributed by atoms with van der Waals surface area (Å²) in [7, 11) is 1.63. The van der Waals surface area contributed by atoms with Crippen molar-refractivity contribution in [1.29, 1.82) is 0 Å². The van der Waals surface area contributed by atoms with Crippen LogP contribution in [0.25, 0.3) is 0 Å². The molecule has 0 aliphatic rings. The fourth-order valence-electron chi connectivity index (χ4n) is 1.51. The molecular weight excluding hydrogens is 242 g/mol. The van der Waals surface area contributed by atoms with Gasteiger partial charge in [-0.25, -0.2) is 0 Å². The predicted molar refractivity (Wildman–Crippen MR) is 63.7 cm³/mol. The minimum atomic E-state index is -2.87. The molecule has 0 aliphatic carbocycles. The Hall–Kier alpha value is -1.69. The summed E-state index contributed by atoms with van der Waals surface area (Å²) in [6.07, 6.45) is 0. The lowest BCUT2D eigenvalue weighted by atomic mass is 10.2. The average molecular weight is 258 g/mol. The molecule has 1 rings (SSSR count). The maximum Gasteiger partial charge on any atom is 0.387 e. The Morgan fingerprint density at radius 1 is 1.39 bits per heavy atom. The number of hydrogen-bond donors (Lipinski definition) is 1. The summed E-state index contributed by atoms with van der Waals surface area (Å²) in [5.41, 5.74) is 5.99. The van der Waals surface area contributed by atoms with Crippen LogP contribution in [0.15, 0.2) is 24.3 Å². The number of nitrogens with zero attached hydrogens (tertiary/aromatic N) is 1. The molecule has 6 heteroatoms. The van der Waals surface area contributed by atoms with Gasteiger partial charge in [0.25, 0.3) is 5.91 Å². The normalized spacial score (nSPS) is 12.3. The Morgan fingerprint density at radius 3 is 2.39 bits per heavy atom. The zero-order valence-corrected chi connectivity index (χ0v) is 10.3. The molecule has 0 fully saturated rings. The highest BCUT2D eigenvalue weighted by molar-refractivity contribution is 5.94. The van der Waals surface area contributed by atoms with Crippen molar-refractivity contribution in [2.75, 3.05) is 13.6 Å². The minimum Gasteiger partial charge on any atom is -0.435 e. The molecule has 0 saturated carbocycles. The number of ether oxygens (including phenoxy) is 1. The number of rotatable bonds is 5. The SMILES string of the molecule is CC(N)CN(C)C(=O)c1ccc(OC(F)F)cc1. The zero-order chi connectivity index (χ0) is 13.7. The maximum absolute atomic E-state index is 11.9. The monoisotopic (exact) mass is 258 g/mol. The Bertz CT molecular complexity index is 394. The Balaban J connectivity index is 2.69. The third kappa shape index (κ3) is 4.29. The van der Waals surface area contributed by atoms with Gasteiger partial charge in [0.05, 0.1) is 0 Å². The van der Waals surface area contributed by atoms with Crippen LogP contribution in [0.4, 0.5) is 8.78 Å². The van der Waals surface area contributed by atoms with Crippen LogP contribution in [0.3, 0.4) is 0 Å². The molecule has 1 aromatic carbocycles. The standard InChI is InChI=1S/C12H16F2N2O2/c1-8(15)7-16(2)11(17)9-3-5-10(6-4-9)18-12(13)14/h3-6,8,12H,7,15H2,1-2H3. The van der Waals surface area contributed by atoms with Gasteiger partial charge < -0.3 is 15.4 Å². The van der Waals surface area contributed by atoms with Crippen LogP contribution in [-0.4, -0.2) is 37.1 Å². The third-order valence-electron chi connectivity index (χ3n) is 2.23. The smallest absolute Gasteiger partial charge is 0.387 e. The first-order valence-corrected chi connectivity index (χ1v) is 5.46. The number of nitrogens with two attached hydrogens (primary N) is 1. The van der Waals surface area contributed by atoms with E-state index >= 15 is 0 Å². The molecule has 0 aromatic heterocycles. The molecule has 0 saturated heterocycles. The highest BCUT2D eigenvalue weighted by atomic mass is 19.3. The lowest BCUT2D eigenvalue weighted by Crippen LogP contribution is -2.36. The highest BCUT2D eigenvalue weighted by Crippen LogP contribution is 2.15. The van der Waals surface area contributed by atoms with E-state index in [0.29, 0.717) is 12.1 Å². The Labute approximate surface area is 104 Å². The van der Waals surface area contributed by atoms with E-state index < -0.39 is 6.61 Å². The first-order chi connectivity index (χ1) is 8.40. The topological polar surface area (TPSA) is 55.6 Å². The molecular formula is C12H16F2N2O2. The minimum absolute atomic E-state index is 0.0244. The third-order valence-corrected chi connectivity index (χ3v) is 2.23. The summed E-state index contributed by atoms with van der Waals surface area (Å²) in [4.78, 5) is 13.4. The van der Waals surface area contributed by atoms with E-state index in [-0.39, 0.29) is 17.7 Å². The van der Waals surface area contributed by atoms with E-state index in [0.717, 1.165) is 0 Å². The molecule has 0 aliphatic heterocycles. The number of likely N-dealkylation sites (N-methyl/N-ethyl adjacent to an activating group) is 1. The van der Waals surface area contributed by atoms with Crippen LogP contribution in [0.2, 0.25) is 0 Å². The van der Waals surface area contributed by atoms with Crippen molar-refractivity contribution in [3.8, 4) is 5.75 Å². The summed E-state index contributed by atoms with van der Waals surface area (Å²) in [6.45, 7) is -0.649. The van der Waals surface area contributed by atoms with E-state index in [1.165, 1.54) is 29.2 Å². The van der Waals surface area contributed by atoms with Gasteiger partial charge in [-0.2, -0.15) is 8.78 Å². The molecule has 0 heterocycles. The second kappa shape index (κ2) is 6.30. The van der Waals surface area contributed by atoms with Gasteiger partial charge in [-0.3, -0.25) is 4.79 Å². The van der Waals surface area contributed by atoms with Crippen molar-refractivity contribution in [3.05, 3.63) is 29.8 Å². The summed E-state index contributed by atoms with van der Waals surface area (Å²) in [5.74, 6) is -0.188. The van der Waals surface area contributed by atoms with Crippen molar-refractivity contribution in [1.82, 2.24) is 4.90 Å². The highest BCUT2D eigenvalue weighted by Gasteiger charge is 2.13. The van der Waals surface area contributed by atoms with Gasteiger partial charge in [-0.05, 0) is 31.2 Å². The number of benzene rings is 1. The molecule has 100 valence electrons. The van der Waals surface area contributed by atoms with Crippen molar-refractivity contribution in [2.24, 2.45) is 5.73 Å². The molecule has 18 heavy (non-hydrogen) atoms. The quantitative estimate of drug-likeness (QED) is 0.874. The van der Waals surface area contributed by atoms with Gasteiger partial charge in [0.2, 0.25) is 0 Å². The second-order valence-electron chi connectivity index (χ2n) is 4.07. The van der Waals surface area contributed by atoms with Crippen LogP contribution in [0, 0.1) is 0 Å². The summed E-state index contributed by atoms with van der Waals surface area (Å²) in [6, 6.07) is 5.42. The second-order valence-corrected chi connectivity index (χ2v) is 4.07. The fraction of sp³-hybridized carbons (Fsp3) is 0.417. The van der Waals surface area contributed by atoms with Gasteiger partial charge >= 0.3 is 6.61 Å².